The monoisotopic (exact) mass is 428 g/mol. The van der Waals surface area contributed by atoms with Crippen LogP contribution in [0.2, 0.25) is 0 Å². The fourth-order valence-corrected chi connectivity index (χ4v) is 4.15. The Hall–Kier alpha value is -2.67. The Morgan fingerprint density at radius 3 is 2.74 bits per heavy atom. The number of carbonyl (C=O) groups excluding carboxylic acids is 3. The van der Waals surface area contributed by atoms with Gasteiger partial charge in [0.1, 0.15) is 6.61 Å². The Morgan fingerprint density at radius 2 is 1.97 bits per heavy atom. The van der Waals surface area contributed by atoms with Crippen molar-refractivity contribution in [3.63, 3.8) is 0 Å². The van der Waals surface area contributed by atoms with E-state index in [0.29, 0.717) is 25.8 Å². The molecule has 0 unspecified atom stereocenters. The van der Waals surface area contributed by atoms with E-state index in [-0.39, 0.29) is 43.5 Å². The van der Waals surface area contributed by atoms with Gasteiger partial charge in [-0.3, -0.25) is 14.4 Å². The molecule has 7 nitrogen and oxygen atoms in total. The molecule has 1 saturated heterocycles. The zero-order chi connectivity index (χ0) is 22.1. The largest absolute Gasteiger partial charge is 0.463 e. The molecule has 31 heavy (non-hydrogen) atoms. The standard InChI is InChI=1S/C24H32N2O5/c27-16-20-12-8-14-26(20)22(28)15-19-11-4-1-2-7-13-23(29)31-17-21(25-24(19)30)18-9-5-3-6-10-18/h1,3-6,9-10,19-21,27H,2,7-8,11-17H2,(H,25,30)/t19-,20+,21+/m1/s1. The maximum Gasteiger partial charge on any atom is 0.305 e. The summed E-state index contributed by atoms with van der Waals surface area (Å²) < 4.78 is 5.42. The van der Waals surface area contributed by atoms with Gasteiger partial charge < -0.3 is 20.1 Å². The number of nitrogens with one attached hydrogen (secondary N) is 1. The van der Waals surface area contributed by atoms with Crippen LogP contribution in [0, 0.1) is 5.92 Å². The summed E-state index contributed by atoms with van der Waals surface area (Å²) >= 11 is 0. The number of esters is 1. The number of ether oxygens (including phenoxy) is 1. The zero-order valence-electron chi connectivity index (χ0n) is 17.9. The number of nitrogens with zero attached hydrogens (tertiary/aromatic N) is 1. The molecule has 1 fully saturated rings. The fourth-order valence-electron chi connectivity index (χ4n) is 4.15. The maximum absolute atomic E-state index is 13.2. The summed E-state index contributed by atoms with van der Waals surface area (Å²) in [7, 11) is 0. The molecular weight excluding hydrogens is 396 g/mol. The van der Waals surface area contributed by atoms with E-state index in [2.05, 4.69) is 5.32 Å². The van der Waals surface area contributed by atoms with Crippen molar-refractivity contribution in [2.45, 2.75) is 57.0 Å². The minimum Gasteiger partial charge on any atom is -0.463 e. The zero-order valence-corrected chi connectivity index (χ0v) is 17.9. The summed E-state index contributed by atoms with van der Waals surface area (Å²) in [5, 5.41) is 12.5. The molecular formula is C24H32N2O5. The van der Waals surface area contributed by atoms with Gasteiger partial charge in [-0.2, -0.15) is 0 Å². The molecule has 168 valence electrons. The first-order chi connectivity index (χ1) is 15.1. The van der Waals surface area contributed by atoms with Crippen LogP contribution in [-0.2, 0) is 19.1 Å². The van der Waals surface area contributed by atoms with Crippen molar-refractivity contribution < 1.29 is 24.2 Å². The number of cyclic esters (lactones) is 1. The van der Waals surface area contributed by atoms with Gasteiger partial charge in [-0.05, 0) is 37.7 Å². The third kappa shape index (κ3) is 6.66. The molecule has 0 saturated carbocycles. The number of allylic oxidation sites excluding steroid dienone is 2. The molecule has 1 aromatic carbocycles. The number of rotatable bonds is 4. The summed E-state index contributed by atoms with van der Waals surface area (Å²) in [6, 6.07) is 8.76. The Balaban J connectivity index is 1.76. The second-order valence-electron chi connectivity index (χ2n) is 8.22. The van der Waals surface area contributed by atoms with Crippen LogP contribution in [0.1, 0.15) is 56.6 Å². The van der Waals surface area contributed by atoms with E-state index >= 15 is 0 Å². The van der Waals surface area contributed by atoms with Crippen LogP contribution in [0.25, 0.3) is 0 Å². The molecule has 3 atom stereocenters. The highest BCUT2D eigenvalue weighted by Gasteiger charge is 2.32. The second-order valence-corrected chi connectivity index (χ2v) is 8.22. The minimum absolute atomic E-state index is 0.0516. The predicted molar refractivity (Wildman–Crippen MR) is 116 cm³/mol. The lowest BCUT2D eigenvalue weighted by atomic mass is 9.97. The van der Waals surface area contributed by atoms with E-state index in [9.17, 15) is 19.5 Å². The van der Waals surface area contributed by atoms with Crippen molar-refractivity contribution in [2.75, 3.05) is 19.8 Å². The molecule has 0 bridgehead atoms. The molecule has 2 N–H and O–H groups in total. The topological polar surface area (TPSA) is 95.9 Å². The molecule has 2 amide bonds. The Kier molecular flexibility index (Phi) is 8.64. The average molecular weight is 429 g/mol. The lowest BCUT2D eigenvalue weighted by Crippen LogP contribution is -2.42. The van der Waals surface area contributed by atoms with Crippen molar-refractivity contribution in [2.24, 2.45) is 5.92 Å². The van der Waals surface area contributed by atoms with Gasteiger partial charge in [0.15, 0.2) is 0 Å². The van der Waals surface area contributed by atoms with Crippen LogP contribution in [0.4, 0.5) is 0 Å². The van der Waals surface area contributed by atoms with E-state index in [4.69, 9.17) is 4.74 Å². The van der Waals surface area contributed by atoms with Crippen LogP contribution in [0.15, 0.2) is 42.5 Å². The predicted octanol–water partition coefficient (Wildman–Crippen LogP) is 2.51. The van der Waals surface area contributed by atoms with Crippen molar-refractivity contribution in [3.8, 4) is 0 Å². The van der Waals surface area contributed by atoms with Crippen molar-refractivity contribution in [1.82, 2.24) is 10.2 Å². The highest BCUT2D eigenvalue weighted by Crippen LogP contribution is 2.22. The minimum atomic E-state index is -0.522. The van der Waals surface area contributed by atoms with E-state index in [1.54, 1.807) is 4.90 Å². The number of likely N-dealkylation sites (tertiary alicyclic amines) is 1. The van der Waals surface area contributed by atoms with Gasteiger partial charge in [0.2, 0.25) is 11.8 Å². The first-order valence-corrected chi connectivity index (χ1v) is 11.1. The van der Waals surface area contributed by atoms with Crippen molar-refractivity contribution >= 4 is 17.8 Å². The van der Waals surface area contributed by atoms with Gasteiger partial charge in [0.25, 0.3) is 0 Å². The average Bonchev–Trinajstić information content (AvgIpc) is 3.27. The SMILES string of the molecule is O=C1CCCC=CC[C@H](CC(=O)N2CCC[C@H]2CO)C(=O)N[C@H](c2ccccc2)CO1. The van der Waals surface area contributed by atoms with Gasteiger partial charge in [0, 0.05) is 19.4 Å². The summed E-state index contributed by atoms with van der Waals surface area (Å²) in [4.78, 5) is 39.8. The maximum atomic E-state index is 13.2. The smallest absolute Gasteiger partial charge is 0.305 e. The normalized spacial score (nSPS) is 25.7. The van der Waals surface area contributed by atoms with Gasteiger partial charge in [-0.25, -0.2) is 0 Å². The summed E-state index contributed by atoms with van der Waals surface area (Å²) in [5.41, 5.74) is 0.846. The fraction of sp³-hybridized carbons (Fsp3) is 0.542. The Morgan fingerprint density at radius 1 is 1.16 bits per heavy atom. The number of amides is 2. The lowest BCUT2D eigenvalue weighted by molar-refractivity contribution is -0.145. The number of hydrogen-bond donors (Lipinski definition) is 2. The summed E-state index contributed by atoms with van der Waals surface area (Å²) in [6.45, 7) is 0.627. The third-order valence-corrected chi connectivity index (χ3v) is 5.97. The summed E-state index contributed by atoms with van der Waals surface area (Å²) in [5.74, 6) is -1.14. The molecule has 0 aromatic heterocycles. The highest BCUT2D eigenvalue weighted by atomic mass is 16.5. The van der Waals surface area contributed by atoms with E-state index in [1.807, 2.05) is 42.5 Å². The molecule has 2 heterocycles. The van der Waals surface area contributed by atoms with E-state index in [1.165, 1.54) is 0 Å². The molecule has 1 aromatic rings. The van der Waals surface area contributed by atoms with Crippen molar-refractivity contribution in [3.05, 3.63) is 48.0 Å². The van der Waals surface area contributed by atoms with Gasteiger partial charge >= 0.3 is 5.97 Å². The van der Waals surface area contributed by atoms with Crippen LogP contribution in [-0.4, -0.2) is 53.6 Å². The number of hydrogen-bond acceptors (Lipinski definition) is 5. The second kappa shape index (κ2) is 11.6. The number of aliphatic hydroxyl groups is 1. The molecule has 0 radical (unpaired) electrons. The molecule has 7 heteroatoms. The van der Waals surface area contributed by atoms with Gasteiger partial charge in [-0.15, -0.1) is 0 Å². The Bertz CT molecular complexity index is 779. The van der Waals surface area contributed by atoms with E-state index in [0.717, 1.165) is 24.8 Å². The number of benzene rings is 1. The van der Waals surface area contributed by atoms with Gasteiger partial charge in [0.05, 0.1) is 24.6 Å². The summed E-state index contributed by atoms with van der Waals surface area (Å²) in [6.07, 6.45) is 7.82. The third-order valence-electron chi connectivity index (χ3n) is 5.97. The van der Waals surface area contributed by atoms with Crippen LogP contribution in [0.5, 0.6) is 0 Å². The van der Waals surface area contributed by atoms with Crippen LogP contribution < -0.4 is 5.32 Å². The van der Waals surface area contributed by atoms with E-state index < -0.39 is 12.0 Å². The van der Waals surface area contributed by atoms with Gasteiger partial charge in [-0.1, -0.05) is 42.5 Å². The molecule has 0 spiro atoms. The first-order valence-electron chi connectivity index (χ1n) is 11.1. The molecule has 0 aliphatic carbocycles. The van der Waals surface area contributed by atoms with Crippen molar-refractivity contribution in [1.29, 1.82) is 0 Å². The first kappa shape index (κ1) is 23.0. The molecule has 3 rings (SSSR count). The number of aliphatic hydroxyl groups excluding tert-OH is 1. The van der Waals surface area contributed by atoms with Crippen LogP contribution >= 0.6 is 0 Å². The quantitative estimate of drug-likeness (QED) is 0.568. The lowest BCUT2D eigenvalue weighted by Gasteiger charge is -2.26. The molecule has 2 aliphatic heterocycles. The highest BCUT2D eigenvalue weighted by molar-refractivity contribution is 5.86. The number of carbonyl (C=O) groups is 3. The molecule has 2 aliphatic rings. The Labute approximate surface area is 183 Å². The van der Waals surface area contributed by atoms with Crippen LogP contribution in [0.3, 0.4) is 0 Å².